The zero-order chi connectivity index (χ0) is 12.0. The second-order valence-electron chi connectivity index (χ2n) is 3.54. The molecule has 0 radical (unpaired) electrons. The first-order valence-electron chi connectivity index (χ1n) is 5.04. The lowest BCUT2D eigenvalue weighted by Crippen LogP contribution is -2.26. The van der Waals surface area contributed by atoms with E-state index in [1.54, 1.807) is 13.1 Å². The molecule has 1 heterocycles. The Morgan fingerprint density at radius 1 is 1.62 bits per heavy atom. The Bertz CT molecular complexity index is 351. The first kappa shape index (κ1) is 12.6. The minimum Gasteiger partial charge on any atom is -0.369 e. The molecule has 0 bridgehead atoms. The number of nitrogens with one attached hydrogen (secondary N) is 1. The summed E-state index contributed by atoms with van der Waals surface area (Å²) in [4.78, 5) is 26.2. The van der Waals surface area contributed by atoms with Crippen molar-refractivity contribution in [2.75, 3.05) is 0 Å². The van der Waals surface area contributed by atoms with Crippen LogP contribution in [0.3, 0.4) is 0 Å². The molecule has 1 aromatic heterocycles. The molecule has 6 heteroatoms. The number of rotatable bonds is 6. The number of amides is 2. The second-order valence-corrected chi connectivity index (χ2v) is 4.52. The molecule has 0 unspecified atom stereocenters. The van der Waals surface area contributed by atoms with E-state index < -0.39 is 0 Å². The van der Waals surface area contributed by atoms with Crippen molar-refractivity contribution in [3.63, 3.8) is 0 Å². The van der Waals surface area contributed by atoms with Crippen LogP contribution in [0.1, 0.15) is 24.8 Å². The Kier molecular flexibility index (Phi) is 4.91. The van der Waals surface area contributed by atoms with Crippen LogP contribution in [0.4, 0.5) is 0 Å². The number of hydrogen-bond donors (Lipinski definition) is 2. The molecule has 1 atom stereocenters. The topological polar surface area (TPSA) is 85.1 Å². The molecule has 5 nitrogen and oxygen atoms in total. The molecule has 0 saturated heterocycles. The van der Waals surface area contributed by atoms with Crippen LogP contribution in [-0.4, -0.2) is 16.8 Å². The number of nitrogens with zero attached hydrogens (tertiary/aromatic N) is 1. The molecule has 0 aliphatic rings. The maximum Gasteiger partial charge on any atom is 0.220 e. The molecule has 0 fully saturated rings. The van der Waals surface area contributed by atoms with Crippen LogP contribution in [0.5, 0.6) is 0 Å². The van der Waals surface area contributed by atoms with Crippen molar-refractivity contribution in [3.8, 4) is 0 Å². The predicted molar refractivity (Wildman–Crippen MR) is 61.6 cm³/mol. The van der Waals surface area contributed by atoms with E-state index in [9.17, 15) is 9.59 Å². The average molecular weight is 241 g/mol. The van der Waals surface area contributed by atoms with Crippen LogP contribution in [0.25, 0.3) is 0 Å². The number of thiazole rings is 1. The SMILES string of the molecule is C[C@@H](CCC(=O)NCc1nccs1)C(N)=O. The summed E-state index contributed by atoms with van der Waals surface area (Å²) in [6.07, 6.45) is 2.50. The van der Waals surface area contributed by atoms with E-state index in [1.807, 2.05) is 5.38 Å². The molecule has 88 valence electrons. The highest BCUT2D eigenvalue weighted by Gasteiger charge is 2.11. The minimum absolute atomic E-state index is 0.0803. The lowest BCUT2D eigenvalue weighted by molar-refractivity contribution is -0.123. The summed E-state index contributed by atoms with van der Waals surface area (Å²) in [5.41, 5.74) is 5.09. The molecule has 0 aliphatic carbocycles. The molecule has 1 rings (SSSR count). The summed E-state index contributed by atoms with van der Waals surface area (Å²) >= 11 is 1.49. The Morgan fingerprint density at radius 2 is 2.38 bits per heavy atom. The van der Waals surface area contributed by atoms with Gasteiger partial charge in [0.05, 0.1) is 6.54 Å². The summed E-state index contributed by atoms with van der Waals surface area (Å²) in [5.74, 6) is -0.707. The zero-order valence-corrected chi connectivity index (χ0v) is 9.92. The first-order valence-corrected chi connectivity index (χ1v) is 5.92. The third-order valence-corrected chi connectivity index (χ3v) is 2.99. The fourth-order valence-corrected chi connectivity index (χ4v) is 1.65. The largest absolute Gasteiger partial charge is 0.369 e. The Morgan fingerprint density at radius 3 is 2.94 bits per heavy atom. The fourth-order valence-electron chi connectivity index (χ4n) is 1.09. The molecule has 1 aromatic rings. The maximum atomic E-state index is 11.4. The third-order valence-electron chi connectivity index (χ3n) is 2.21. The molecular formula is C10H15N3O2S. The van der Waals surface area contributed by atoms with E-state index in [4.69, 9.17) is 5.73 Å². The molecule has 0 spiro atoms. The maximum absolute atomic E-state index is 11.4. The van der Waals surface area contributed by atoms with Gasteiger partial charge in [0, 0.05) is 23.9 Å². The number of carbonyl (C=O) groups excluding carboxylic acids is 2. The second kappa shape index (κ2) is 6.22. The summed E-state index contributed by atoms with van der Waals surface area (Å²) < 4.78 is 0. The molecule has 0 aliphatic heterocycles. The van der Waals surface area contributed by atoms with Crippen molar-refractivity contribution in [3.05, 3.63) is 16.6 Å². The van der Waals surface area contributed by atoms with Crippen LogP contribution in [0, 0.1) is 5.92 Å². The van der Waals surface area contributed by atoms with E-state index in [-0.39, 0.29) is 17.7 Å². The van der Waals surface area contributed by atoms with Gasteiger partial charge in [-0.25, -0.2) is 4.98 Å². The number of primary amides is 1. The Labute approximate surface area is 98.1 Å². The van der Waals surface area contributed by atoms with Gasteiger partial charge in [-0.05, 0) is 6.42 Å². The number of nitrogens with two attached hydrogens (primary N) is 1. The molecule has 2 amide bonds. The monoisotopic (exact) mass is 241 g/mol. The van der Waals surface area contributed by atoms with Gasteiger partial charge in [0.1, 0.15) is 5.01 Å². The summed E-state index contributed by atoms with van der Waals surface area (Å²) in [6.45, 7) is 2.16. The zero-order valence-electron chi connectivity index (χ0n) is 9.10. The summed E-state index contributed by atoms with van der Waals surface area (Å²) in [5, 5.41) is 5.47. The molecule has 0 saturated carbocycles. The van der Waals surface area contributed by atoms with Crippen molar-refractivity contribution in [2.24, 2.45) is 11.7 Å². The summed E-state index contributed by atoms with van der Waals surface area (Å²) in [7, 11) is 0. The summed E-state index contributed by atoms with van der Waals surface area (Å²) in [6, 6.07) is 0. The standard InChI is InChI=1S/C10H15N3O2S/c1-7(10(11)15)2-3-8(14)13-6-9-12-4-5-16-9/h4-5,7H,2-3,6H2,1H3,(H2,11,15)(H,13,14)/t7-/m0/s1. The third kappa shape index (κ3) is 4.39. The molecule has 16 heavy (non-hydrogen) atoms. The Hall–Kier alpha value is -1.43. The van der Waals surface area contributed by atoms with Crippen molar-refractivity contribution in [1.29, 1.82) is 0 Å². The van der Waals surface area contributed by atoms with Crippen LogP contribution >= 0.6 is 11.3 Å². The average Bonchev–Trinajstić information content (AvgIpc) is 2.75. The number of carbonyl (C=O) groups is 2. The number of hydrogen-bond acceptors (Lipinski definition) is 4. The molecule has 0 aromatic carbocycles. The van der Waals surface area contributed by atoms with Crippen LogP contribution in [-0.2, 0) is 16.1 Å². The lowest BCUT2D eigenvalue weighted by atomic mass is 10.1. The normalized spacial score (nSPS) is 12.1. The molecular weight excluding hydrogens is 226 g/mol. The highest BCUT2D eigenvalue weighted by atomic mass is 32.1. The van der Waals surface area contributed by atoms with Gasteiger partial charge in [-0.2, -0.15) is 0 Å². The van der Waals surface area contributed by atoms with Gasteiger partial charge in [-0.1, -0.05) is 6.92 Å². The first-order chi connectivity index (χ1) is 7.59. The van der Waals surface area contributed by atoms with Gasteiger partial charge in [-0.15, -0.1) is 11.3 Å². The molecule has 3 N–H and O–H groups in total. The van der Waals surface area contributed by atoms with Gasteiger partial charge < -0.3 is 11.1 Å². The quantitative estimate of drug-likeness (QED) is 0.767. The van der Waals surface area contributed by atoms with Crippen LogP contribution in [0.15, 0.2) is 11.6 Å². The van der Waals surface area contributed by atoms with E-state index in [2.05, 4.69) is 10.3 Å². The van der Waals surface area contributed by atoms with Gasteiger partial charge in [0.2, 0.25) is 11.8 Å². The van der Waals surface area contributed by atoms with E-state index in [0.717, 1.165) is 5.01 Å². The minimum atomic E-state index is -0.368. The van der Waals surface area contributed by atoms with Crippen molar-refractivity contribution < 1.29 is 9.59 Å². The smallest absolute Gasteiger partial charge is 0.220 e. The van der Waals surface area contributed by atoms with Crippen LogP contribution < -0.4 is 11.1 Å². The van der Waals surface area contributed by atoms with Crippen molar-refractivity contribution in [2.45, 2.75) is 26.3 Å². The predicted octanol–water partition coefficient (Wildman–Crippen LogP) is 0.661. The number of aromatic nitrogens is 1. The van der Waals surface area contributed by atoms with Crippen molar-refractivity contribution in [1.82, 2.24) is 10.3 Å². The van der Waals surface area contributed by atoms with E-state index in [1.165, 1.54) is 11.3 Å². The van der Waals surface area contributed by atoms with Gasteiger partial charge in [-0.3, -0.25) is 9.59 Å². The van der Waals surface area contributed by atoms with Gasteiger partial charge in [0.25, 0.3) is 0 Å². The van der Waals surface area contributed by atoms with Gasteiger partial charge in [0.15, 0.2) is 0 Å². The van der Waals surface area contributed by atoms with Crippen molar-refractivity contribution >= 4 is 23.2 Å². The van der Waals surface area contributed by atoms with Crippen LogP contribution in [0.2, 0.25) is 0 Å². The van der Waals surface area contributed by atoms with Gasteiger partial charge >= 0.3 is 0 Å². The lowest BCUT2D eigenvalue weighted by Gasteiger charge is -2.06. The Balaban J connectivity index is 2.19. The van der Waals surface area contributed by atoms with E-state index >= 15 is 0 Å². The fraction of sp³-hybridized carbons (Fsp3) is 0.500. The highest BCUT2D eigenvalue weighted by molar-refractivity contribution is 7.09. The van der Waals surface area contributed by atoms with E-state index in [0.29, 0.717) is 19.4 Å². The highest BCUT2D eigenvalue weighted by Crippen LogP contribution is 2.05.